The van der Waals surface area contributed by atoms with Gasteiger partial charge in [0.2, 0.25) is 7.51 Å². The summed E-state index contributed by atoms with van der Waals surface area (Å²) in [7, 11) is -3.39. The van der Waals surface area contributed by atoms with E-state index in [2.05, 4.69) is 13.8 Å². The molecule has 0 N–H and O–H groups in total. The molecule has 0 saturated heterocycles. The number of rotatable bonds is 8. The highest BCUT2D eigenvalue weighted by atomic mass is 31.2. The van der Waals surface area contributed by atoms with Crippen LogP contribution in [0.4, 0.5) is 48.3 Å². The van der Waals surface area contributed by atoms with E-state index in [4.69, 9.17) is 0 Å². The fourth-order valence-corrected chi connectivity index (χ4v) is 2.11. The van der Waals surface area contributed by atoms with E-state index in [0.29, 0.717) is 6.66 Å². The van der Waals surface area contributed by atoms with Gasteiger partial charge in [-0.15, -0.1) is 0 Å². The van der Waals surface area contributed by atoms with E-state index in [1.165, 1.54) is 0 Å². The van der Waals surface area contributed by atoms with Gasteiger partial charge in [0.15, 0.2) is 6.61 Å². The van der Waals surface area contributed by atoms with Crippen LogP contribution in [-0.2, 0) is 9.05 Å². The molecule has 146 valence electrons. The molecule has 1 atom stereocenters. The Morgan fingerprint density at radius 2 is 1.29 bits per heavy atom. The predicted molar refractivity (Wildman–Crippen MR) is 60.0 cm³/mol. The first-order valence-electron chi connectivity index (χ1n) is 5.67. The number of hydrogen-bond acceptors (Lipinski definition) is 3. The quantitative estimate of drug-likeness (QED) is 0.419. The van der Waals surface area contributed by atoms with Gasteiger partial charge in [0.25, 0.3) is 0 Å². The summed E-state index contributed by atoms with van der Waals surface area (Å²) in [5.41, 5.74) is 0. The van der Waals surface area contributed by atoms with Gasteiger partial charge >= 0.3 is 30.4 Å². The van der Waals surface area contributed by atoms with Gasteiger partial charge in [-0.2, -0.15) is 39.5 Å². The number of nitrogens with zero attached hydrogens (tertiary/aromatic N) is 1. The average molecular weight is 405 g/mol. The summed E-state index contributed by atoms with van der Waals surface area (Å²) in [4.78, 5) is 0. The molecule has 0 fully saturated rings. The SMILES string of the molecule is CN=P(C)(OCC(F)(F)F)OCC(F)(F)C(F)(F)C(F)(F)C(F)F. The third kappa shape index (κ3) is 5.45. The third-order valence-electron chi connectivity index (χ3n) is 2.47. The smallest absolute Gasteiger partial charge is 0.317 e. The van der Waals surface area contributed by atoms with Crippen LogP contribution < -0.4 is 0 Å². The van der Waals surface area contributed by atoms with E-state index in [1.807, 2.05) is 0 Å². The van der Waals surface area contributed by atoms with E-state index >= 15 is 0 Å². The van der Waals surface area contributed by atoms with Gasteiger partial charge in [-0.05, 0) is 0 Å². The molecule has 0 aromatic heterocycles. The molecule has 0 aliphatic heterocycles. The summed E-state index contributed by atoms with van der Waals surface area (Å²) in [6, 6.07) is 0. The molecule has 0 spiro atoms. The molecule has 0 rings (SSSR count). The molecule has 0 aliphatic rings. The second kappa shape index (κ2) is 7.32. The minimum absolute atomic E-state index is 0.609. The third-order valence-corrected chi connectivity index (χ3v) is 4.41. The zero-order chi connectivity index (χ0) is 19.6. The summed E-state index contributed by atoms with van der Waals surface area (Å²) < 4.78 is 148. The highest BCUT2D eigenvalue weighted by Crippen LogP contribution is 2.53. The van der Waals surface area contributed by atoms with Crippen molar-refractivity contribution in [1.29, 1.82) is 0 Å². The Hall–Kier alpha value is -0.620. The second-order valence-corrected chi connectivity index (χ2v) is 6.89. The van der Waals surface area contributed by atoms with Crippen molar-refractivity contribution in [2.75, 3.05) is 26.9 Å². The molecule has 24 heavy (non-hydrogen) atoms. The largest absolute Gasteiger partial charge is 0.412 e. The van der Waals surface area contributed by atoms with E-state index in [9.17, 15) is 48.3 Å². The lowest BCUT2D eigenvalue weighted by atomic mass is 10.1. The average Bonchev–Trinajstić information content (AvgIpc) is 2.41. The first-order valence-corrected chi connectivity index (χ1v) is 7.69. The first kappa shape index (κ1) is 23.4. The number of halogens is 11. The lowest BCUT2D eigenvalue weighted by molar-refractivity contribution is -0.342. The van der Waals surface area contributed by atoms with E-state index in [0.717, 1.165) is 7.05 Å². The van der Waals surface area contributed by atoms with Crippen LogP contribution in [0.5, 0.6) is 0 Å². The first-order chi connectivity index (χ1) is 10.4. The molecule has 0 saturated carbocycles. The predicted octanol–water partition coefficient (Wildman–Crippen LogP) is 5.04. The second-order valence-electron chi connectivity index (χ2n) is 4.37. The zero-order valence-electron chi connectivity index (χ0n) is 11.9. The molecule has 3 nitrogen and oxygen atoms in total. The van der Waals surface area contributed by atoms with Crippen molar-refractivity contribution in [2.45, 2.75) is 30.4 Å². The number of hydrogen-bond donors (Lipinski definition) is 0. The van der Waals surface area contributed by atoms with Crippen LogP contribution in [0.25, 0.3) is 0 Å². The fraction of sp³-hybridized carbons (Fsp3) is 1.00. The maximum Gasteiger partial charge on any atom is 0.412 e. The maximum absolute atomic E-state index is 13.2. The van der Waals surface area contributed by atoms with Gasteiger partial charge in [-0.1, -0.05) is 0 Å². The van der Waals surface area contributed by atoms with Crippen LogP contribution in [0.1, 0.15) is 0 Å². The Morgan fingerprint density at radius 3 is 1.62 bits per heavy atom. The van der Waals surface area contributed by atoms with Crippen molar-refractivity contribution in [3.05, 3.63) is 0 Å². The molecule has 0 bridgehead atoms. The fourth-order valence-electron chi connectivity index (χ4n) is 1.02. The van der Waals surface area contributed by atoms with Crippen LogP contribution in [0.2, 0.25) is 0 Å². The Labute approximate surface area is 128 Å². The van der Waals surface area contributed by atoms with Gasteiger partial charge in [-0.25, -0.2) is 8.78 Å². The number of alkyl halides is 11. The standard InChI is InChI=1S/C9H11F11NO2P/c1-21-24(2,23-4-7(14,15)16)22-3-6(12,13)9(19,20)8(17,18)5(10)11/h5H,3-4H2,1-2H3. The highest BCUT2D eigenvalue weighted by molar-refractivity contribution is 7.55. The van der Waals surface area contributed by atoms with E-state index in [-0.39, 0.29) is 0 Å². The summed E-state index contributed by atoms with van der Waals surface area (Å²) >= 11 is 0. The Morgan fingerprint density at radius 1 is 0.875 bits per heavy atom. The van der Waals surface area contributed by atoms with Crippen molar-refractivity contribution in [2.24, 2.45) is 4.74 Å². The summed E-state index contributed by atoms with van der Waals surface area (Å²) in [5, 5.41) is 0. The maximum atomic E-state index is 13.2. The Kier molecular flexibility index (Phi) is 7.13. The molecular formula is C9H11F11NO2P. The van der Waals surface area contributed by atoms with Crippen molar-refractivity contribution < 1.29 is 57.3 Å². The van der Waals surface area contributed by atoms with Gasteiger partial charge < -0.3 is 9.05 Å². The monoisotopic (exact) mass is 405 g/mol. The van der Waals surface area contributed by atoms with Crippen molar-refractivity contribution in [3.63, 3.8) is 0 Å². The zero-order valence-corrected chi connectivity index (χ0v) is 12.8. The van der Waals surface area contributed by atoms with Crippen LogP contribution >= 0.6 is 7.51 Å². The van der Waals surface area contributed by atoms with Gasteiger partial charge in [0, 0.05) is 13.7 Å². The molecule has 0 heterocycles. The Bertz CT molecular complexity index is 477. The normalized spacial score (nSPS) is 17.1. The van der Waals surface area contributed by atoms with Crippen LogP contribution in [-0.4, -0.2) is 57.3 Å². The summed E-state index contributed by atoms with van der Waals surface area (Å²) in [5.74, 6) is -18.8. The van der Waals surface area contributed by atoms with Crippen molar-refractivity contribution in [1.82, 2.24) is 0 Å². The van der Waals surface area contributed by atoms with E-state index in [1.54, 1.807) is 0 Å². The molecule has 0 radical (unpaired) electrons. The molecule has 0 aromatic carbocycles. The molecule has 0 aromatic rings. The van der Waals surface area contributed by atoms with Crippen molar-refractivity contribution >= 4 is 7.51 Å². The molecule has 0 amide bonds. The van der Waals surface area contributed by atoms with Crippen LogP contribution in [0.3, 0.4) is 0 Å². The minimum atomic E-state index is -6.53. The lowest BCUT2D eigenvalue weighted by Gasteiger charge is -2.33. The summed E-state index contributed by atoms with van der Waals surface area (Å²) in [6.45, 7) is -4.04. The van der Waals surface area contributed by atoms with Gasteiger partial charge in [0.1, 0.15) is 6.61 Å². The van der Waals surface area contributed by atoms with E-state index < -0.39 is 51.1 Å². The minimum Gasteiger partial charge on any atom is -0.317 e. The molecular weight excluding hydrogens is 394 g/mol. The molecule has 15 heteroatoms. The Balaban J connectivity index is 5.23. The van der Waals surface area contributed by atoms with Gasteiger partial charge in [0.05, 0.1) is 0 Å². The highest BCUT2D eigenvalue weighted by Gasteiger charge is 2.75. The lowest BCUT2D eigenvalue weighted by Crippen LogP contribution is -2.59. The van der Waals surface area contributed by atoms with Crippen LogP contribution in [0.15, 0.2) is 4.74 Å². The summed E-state index contributed by atoms with van der Waals surface area (Å²) in [6.07, 6.45) is -10.1. The van der Waals surface area contributed by atoms with Crippen molar-refractivity contribution in [3.8, 4) is 0 Å². The van der Waals surface area contributed by atoms with Gasteiger partial charge in [-0.3, -0.25) is 4.74 Å². The molecule has 1 unspecified atom stereocenters. The topological polar surface area (TPSA) is 30.8 Å². The molecule has 0 aliphatic carbocycles. The van der Waals surface area contributed by atoms with Crippen LogP contribution in [0, 0.1) is 0 Å².